The first-order valence-corrected chi connectivity index (χ1v) is 21.8. The van der Waals surface area contributed by atoms with Crippen molar-refractivity contribution in [3.8, 4) is 11.6 Å². The normalized spacial score (nSPS) is 28.0. The Bertz CT molecular complexity index is 2180. The molecule has 7 unspecified atom stereocenters. The maximum Gasteiger partial charge on any atom is 0.427 e. The van der Waals surface area contributed by atoms with Crippen LogP contribution in [0, 0.1) is 17.8 Å². The maximum absolute atomic E-state index is 14.8. The molecular weight excluding hydrogens is 829 g/mol. The quantitative estimate of drug-likeness (QED) is 0.217. The Hall–Kier alpha value is -4.88. The van der Waals surface area contributed by atoms with E-state index in [4.69, 9.17) is 19.2 Å². The van der Waals surface area contributed by atoms with E-state index in [0.717, 1.165) is 4.90 Å². The summed E-state index contributed by atoms with van der Waals surface area (Å²) in [5, 5.41) is 6.39. The van der Waals surface area contributed by atoms with Gasteiger partial charge < -0.3 is 34.6 Å². The number of nitrogens with zero attached hydrogens (tertiary/aromatic N) is 3. The Labute approximate surface area is 352 Å². The first kappa shape index (κ1) is 45.6. The predicted octanol–water partition coefficient (Wildman–Crippen LogP) is 4.93. The molecule has 15 nitrogen and oxygen atoms in total. The summed E-state index contributed by atoms with van der Waals surface area (Å²) in [4.78, 5) is 64.2. The highest BCUT2D eigenvalue weighted by Crippen LogP contribution is 2.48. The number of alkyl carbamates (subject to hydrolysis) is 1. The number of rotatable bonds is 10. The lowest BCUT2D eigenvalue weighted by atomic mass is 9.88. The van der Waals surface area contributed by atoms with Gasteiger partial charge in [-0.2, -0.15) is 18.2 Å². The van der Waals surface area contributed by atoms with Gasteiger partial charge in [0.1, 0.15) is 46.7 Å². The van der Waals surface area contributed by atoms with Gasteiger partial charge in [-0.15, -0.1) is 0 Å². The number of fused-ring (bicyclic) bond motifs is 3. The van der Waals surface area contributed by atoms with Crippen molar-refractivity contribution in [1.29, 1.82) is 0 Å². The number of carbonyl (C=O) groups excluding carboxylic acids is 4. The molecule has 20 heteroatoms. The topological polar surface area (TPSA) is 186 Å². The number of sulfonamides is 1. The zero-order valence-electron chi connectivity index (χ0n) is 35.2. The van der Waals surface area contributed by atoms with E-state index in [1.165, 1.54) is 7.11 Å². The summed E-state index contributed by atoms with van der Waals surface area (Å²) in [6.45, 7) is 3.47. The first-order chi connectivity index (χ1) is 28.5. The van der Waals surface area contributed by atoms with E-state index >= 15 is 0 Å². The lowest BCUT2D eigenvalue weighted by Crippen LogP contribution is -2.60. The number of allylic oxidation sites excluding steroid dienone is 1. The standard InChI is InChI=1S/C41H54F4N6O9S/c1-23-10-8-9-11-26-20-40(26,36(54)49-61(56,57)39(22-42)14-15-39)48-33(52)30-19-28(59-34-29-13-12-27(58-7)17-25(29)18-31(46-34)50(5)6)21-51(30)35(53)32(24(2)16-23)47-37(55)60-38(3,4)41(43,44)45/h9,11-13,17-18,23-24,26,28,30,32H,8,10,14-16,19-22H2,1-7H3,(H,47,55)(H,48,52)(H,49,54). The van der Waals surface area contributed by atoms with Gasteiger partial charge >= 0.3 is 12.3 Å². The van der Waals surface area contributed by atoms with Gasteiger partial charge in [-0.3, -0.25) is 19.1 Å². The van der Waals surface area contributed by atoms with Gasteiger partial charge in [0.05, 0.1) is 13.7 Å². The van der Waals surface area contributed by atoms with E-state index < -0.39 is 92.6 Å². The lowest BCUT2D eigenvalue weighted by Gasteiger charge is -2.34. The molecule has 1 aromatic heterocycles. The Morgan fingerprint density at radius 1 is 1.10 bits per heavy atom. The molecule has 3 N–H and O–H groups in total. The molecule has 2 saturated carbocycles. The van der Waals surface area contributed by atoms with Crippen LogP contribution >= 0.6 is 0 Å². The van der Waals surface area contributed by atoms with E-state index in [-0.39, 0.29) is 44.0 Å². The fraction of sp³-hybridized carbons (Fsp3) is 0.634. The summed E-state index contributed by atoms with van der Waals surface area (Å²) in [7, 11) is 0.611. The van der Waals surface area contributed by atoms with E-state index in [9.17, 15) is 45.2 Å². The number of hydrogen-bond acceptors (Lipinski definition) is 11. The summed E-state index contributed by atoms with van der Waals surface area (Å²) in [6, 6.07) is 4.18. The fourth-order valence-electron chi connectivity index (χ4n) is 7.99. The minimum Gasteiger partial charge on any atom is -0.497 e. The monoisotopic (exact) mass is 882 g/mol. The molecule has 6 rings (SSSR count). The summed E-state index contributed by atoms with van der Waals surface area (Å²) in [5.41, 5.74) is -4.69. The number of amides is 4. The van der Waals surface area contributed by atoms with E-state index in [2.05, 4.69) is 10.6 Å². The first-order valence-electron chi connectivity index (χ1n) is 20.3. The number of hydrogen-bond donors (Lipinski definition) is 3. The third-order valence-corrected chi connectivity index (χ3v) is 14.4. The summed E-state index contributed by atoms with van der Waals surface area (Å²) in [5.74, 6) is -2.89. The minimum atomic E-state index is -4.94. The lowest BCUT2D eigenvalue weighted by molar-refractivity contribution is -0.244. The number of alkyl halides is 4. The molecule has 2 aliphatic carbocycles. The second-order valence-corrected chi connectivity index (χ2v) is 19.7. The average molecular weight is 883 g/mol. The van der Waals surface area contributed by atoms with Gasteiger partial charge in [0.15, 0.2) is 0 Å². The molecule has 2 aromatic rings. The van der Waals surface area contributed by atoms with Crippen LogP contribution in [-0.4, -0.2) is 117 Å². The zero-order chi connectivity index (χ0) is 44.9. The average Bonchev–Trinajstić information content (AvgIpc) is 4.08. The van der Waals surface area contributed by atoms with Gasteiger partial charge in [-0.25, -0.2) is 17.6 Å². The van der Waals surface area contributed by atoms with Crippen LogP contribution in [0.2, 0.25) is 0 Å². The van der Waals surface area contributed by atoms with Crippen LogP contribution in [0.25, 0.3) is 10.8 Å². The van der Waals surface area contributed by atoms with Crippen molar-refractivity contribution >= 4 is 50.4 Å². The molecule has 3 fully saturated rings. The highest BCUT2D eigenvalue weighted by atomic mass is 32.2. The molecule has 7 atom stereocenters. The Morgan fingerprint density at radius 3 is 2.43 bits per heavy atom. The SMILES string of the molecule is COc1ccc2c(OC3CC4C(=O)NC5(C(=O)NS(=O)(=O)C6(CF)CC6)CC5C=CCCC(C)CC(C)C(NC(=O)OC(C)(C)C(F)(F)F)C(=O)N4C3)nc(N(C)C)cc2c1. The molecule has 2 aliphatic heterocycles. The van der Waals surface area contributed by atoms with Crippen molar-refractivity contribution in [3.05, 3.63) is 36.4 Å². The van der Waals surface area contributed by atoms with Crippen LogP contribution in [0.5, 0.6) is 11.6 Å². The number of methoxy groups -OCH3 is 1. The number of pyridine rings is 1. The van der Waals surface area contributed by atoms with Crippen LogP contribution < -0.4 is 29.7 Å². The molecule has 336 valence electrons. The number of ether oxygens (including phenoxy) is 3. The van der Waals surface area contributed by atoms with Crippen LogP contribution in [0.15, 0.2) is 36.4 Å². The van der Waals surface area contributed by atoms with E-state index in [1.54, 1.807) is 50.2 Å². The summed E-state index contributed by atoms with van der Waals surface area (Å²) >= 11 is 0. The van der Waals surface area contributed by atoms with E-state index in [0.29, 0.717) is 55.4 Å². The second kappa shape index (κ2) is 16.8. The Kier molecular flexibility index (Phi) is 12.5. The van der Waals surface area contributed by atoms with Crippen LogP contribution in [0.1, 0.15) is 72.6 Å². The van der Waals surface area contributed by atoms with Crippen molar-refractivity contribution in [2.45, 2.75) is 113 Å². The third kappa shape index (κ3) is 9.33. The molecule has 61 heavy (non-hydrogen) atoms. The van der Waals surface area contributed by atoms with Crippen LogP contribution in [-0.2, 0) is 29.1 Å². The van der Waals surface area contributed by atoms with Gasteiger partial charge in [0.2, 0.25) is 33.3 Å². The summed E-state index contributed by atoms with van der Waals surface area (Å²) < 4.78 is 98.7. The Morgan fingerprint density at radius 2 is 1.80 bits per heavy atom. The molecule has 0 bridgehead atoms. The van der Waals surface area contributed by atoms with Crippen molar-refractivity contribution in [2.75, 3.05) is 39.3 Å². The summed E-state index contributed by atoms with van der Waals surface area (Å²) in [6.07, 6.45) is -2.56. The van der Waals surface area contributed by atoms with Crippen molar-refractivity contribution in [1.82, 2.24) is 25.2 Å². The third-order valence-electron chi connectivity index (χ3n) is 12.3. The number of benzene rings is 1. The molecule has 3 heterocycles. The van der Waals surface area contributed by atoms with Gasteiger partial charge in [-0.1, -0.05) is 26.0 Å². The Balaban J connectivity index is 1.38. The number of nitrogens with one attached hydrogen (secondary N) is 3. The van der Waals surface area contributed by atoms with Gasteiger partial charge in [0.25, 0.3) is 5.91 Å². The van der Waals surface area contributed by atoms with Crippen LogP contribution in [0.3, 0.4) is 0 Å². The predicted molar refractivity (Wildman–Crippen MR) is 216 cm³/mol. The second-order valence-electron chi connectivity index (χ2n) is 17.6. The molecule has 0 radical (unpaired) electrons. The number of aromatic nitrogens is 1. The zero-order valence-corrected chi connectivity index (χ0v) is 36.0. The molecule has 4 aliphatic rings. The van der Waals surface area contributed by atoms with Crippen molar-refractivity contribution < 1.29 is 59.4 Å². The smallest absolute Gasteiger partial charge is 0.427 e. The molecule has 4 amide bonds. The van der Waals surface area contributed by atoms with Gasteiger partial charge in [0, 0.05) is 31.8 Å². The molecule has 1 aromatic carbocycles. The van der Waals surface area contributed by atoms with Gasteiger partial charge in [-0.05, 0) is 93.9 Å². The highest BCUT2D eigenvalue weighted by molar-refractivity contribution is 7.91. The fourth-order valence-corrected chi connectivity index (χ4v) is 9.42. The van der Waals surface area contributed by atoms with E-state index in [1.807, 2.05) is 23.8 Å². The van der Waals surface area contributed by atoms with Crippen molar-refractivity contribution in [3.63, 3.8) is 0 Å². The maximum atomic E-state index is 14.8. The van der Waals surface area contributed by atoms with Crippen molar-refractivity contribution in [2.24, 2.45) is 17.8 Å². The number of anilines is 1. The number of halogens is 4. The molecular formula is C41H54F4N6O9S. The molecule has 0 spiro atoms. The highest BCUT2D eigenvalue weighted by Gasteiger charge is 2.64. The minimum absolute atomic E-state index is 0.00805. The van der Waals surface area contributed by atoms with Crippen LogP contribution in [0.4, 0.5) is 28.2 Å². The largest absolute Gasteiger partial charge is 0.497 e. The number of carbonyl (C=O) groups is 4. The molecule has 1 saturated heterocycles.